The van der Waals surface area contributed by atoms with E-state index in [0.29, 0.717) is 11.4 Å². The van der Waals surface area contributed by atoms with Crippen LogP contribution in [0.2, 0.25) is 5.02 Å². The van der Waals surface area contributed by atoms with Crippen molar-refractivity contribution < 1.29 is 14.1 Å². The summed E-state index contributed by atoms with van der Waals surface area (Å²) in [5.74, 6) is 0.108. The SMILES string of the molecule is COC(=O)c1ccccc1-n1ncc(NC(C)c2c(C)noc2C)c(Cl)c1=O. The molecule has 0 radical (unpaired) electrons. The van der Waals surface area contributed by atoms with Crippen molar-refractivity contribution >= 4 is 23.3 Å². The van der Waals surface area contributed by atoms with Gasteiger partial charge in [-0.2, -0.15) is 9.78 Å². The van der Waals surface area contributed by atoms with Crippen molar-refractivity contribution in [3.05, 3.63) is 68.4 Å². The monoisotopic (exact) mass is 402 g/mol. The molecule has 0 bridgehead atoms. The number of anilines is 1. The molecule has 1 aromatic carbocycles. The molecule has 2 heterocycles. The molecule has 1 unspecified atom stereocenters. The van der Waals surface area contributed by atoms with Crippen LogP contribution in [0.1, 0.15) is 40.3 Å². The first-order chi connectivity index (χ1) is 13.3. The second-order valence-electron chi connectivity index (χ2n) is 6.20. The van der Waals surface area contributed by atoms with Gasteiger partial charge in [0.05, 0.1) is 42.0 Å². The van der Waals surface area contributed by atoms with Crippen molar-refractivity contribution in [2.45, 2.75) is 26.8 Å². The van der Waals surface area contributed by atoms with Gasteiger partial charge < -0.3 is 14.6 Å². The summed E-state index contributed by atoms with van der Waals surface area (Å²) >= 11 is 6.31. The Kier molecular flexibility index (Phi) is 5.51. The van der Waals surface area contributed by atoms with Crippen LogP contribution in [0.5, 0.6) is 0 Å². The smallest absolute Gasteiger partial charge is 0.340 e. The highest BCUT2D eigenvalue weighted by Crippen LogP contribution is 2.27. The quantitative estimate of drug-likeness (QED) is 0.652. The Balaban J connectivity index is 1.99. The molecule has 0 fully saturated rings. The molecule has 0 amide bonds. The summed E-state index contributed by atoms with van der Waals surface area (Å²) in [6.07, 6.45) is 1.44. The number of methoxy groups -OCH3 is 1. The first-order valence-corrected chi connectivity index (χ1v) is 8.87. The molecule has 3 rings (SSSR count). The van der Waals surface area contributed by atoms with E-state index in [1.54, 1.807) is 24.3 Å². The minimum Gasteiger partial charge on any atom is -0.465 e. The molecule has 0 aliphatic carbocycles. The second-order valence-corrected chi connectivity index (χ2v) is 6.58. The van der Waals surface area contributed by atoms with Crippen LogP contribution in [0, 0.1) is 13.8 Å². The Bertz CT molecular complexity index is 1070. The molecule has 8 nitrogen and oxygen atoms in total. The van der Waals surface area contributed by atoms with Gasteiger partial charge >= 0.3 is 5.97 Å². The number of para-hydroxylation sites is 1. The number of hydrogen-bond donors (Lipinski definition) is 1. The molecule has 146 valence electrons. The molecular weight excluding hydrogens is 384 g/mol. The predicted octanol–water partition coefficient (Wildman–Crippen LogP) is 3.45. The summed E-state index contributed by atoms with van der Waals surface area (Å²) in [6, 6.07) is 6.30. The normalized spacial score (nSPS) is 11.9. The maximum atomic E-state index is 12.8. The van der Waals surface area contributed by atoms with Crippen molar-refractivity contribution in [2.24, 2.45) is 0 Å². The summed E-state index contributed by atoms with van der Waals surface area (Å²) in [7, 11) is 1.27. The first-order valence-electron chi connectivity index (χ1n) is 8.50. The van der Waals surface area contributed by atoms with E-state index in [9.17, 15) is 9.59 Å². The van der Waals surface area contributed by atoms with Crippen molar-refractivity contribution in [3.8, 4) is 5.69 Å². The summed E-state index contributed by atoms with van der Waals surface area (Å²) in [5.41, 5.74) is 1.94. The van der Waals surface area contributed by atoms with Gasteiger partial charge in [-0.1, -0.05) is 28.9 Å². The fourth-order valence-corrected chi connectivity index (χ4v) is 3.24. The summed E-state index contributed by atoms with van der Waals surface area (Å²) in [4.78, 5) is 24.8. The van der Waals surface area contributed by atoms with Crippen LogP contribution in [0.25, 0.3) is 5.69 Å². The van der Waals surface area contributed by atoms with Crippen molar-refractivity contribution in [1.29, 1.82) is 0 Å². The lowest BCUT2D eigenvalue weighted by Crippen LogP contribution is -2.25. The maximum Gasteiger partial charge on any atom is 0.340 e. The molecule has 1 N–H and O–H groups in total. The largest absolute Gasteiger partial charge is 0.465 e. The third-order valence-electron chi connectivity index (χ3n) is 4.35. The molecular formula is C19H19ClN4O4. The van der Waals surface area contributed by atoms with Gasteiger partial charge in [-0.05, 0) is 32.9 Å². The highest BCUT2D eigenvalue weighted by atomic mass is 35.5. The van der Waals surface area contributed by atoms with Gasteiger partial charge in [-0.25, -0.2) is 4.79 Å². The molecule has 3 aromatic rings. The first kappa shape index (κ1) is 19.6. The number of nitrogens with one attached hydrogen (secondary N) is 1. The van der Waals surface area contributed by atoms with Gasteiger partial charge in [0, 0.05) is 5.56 Å². The molecule has 0 saturated carbocycles. The van der Waals surface area contributed by atoms with E-state index in [2.05, 4.69) is 15.6 Å². The molecule has 1 atom stereocenters. The van der Waals surface area contributed by atoms with Crippen molar-refractivity contribution in [1.82, 2.24) is 14.9 Å². The highest BCUT2D eigenvalue weighted by molar-refractivity contribution is 6.33. The van der Waals surface area contributed by atoms with Crippen LogP contribution in [-0.2, 0) is 4.74 Å². The Hall–Kier alpha value is -3.13. The lowest BCUT2D eigenvalue weighted by Gasteiger charge is -2.17. The highest BCUT2D eigenvalue weighted by Gasteiger charge is 2.20. The predicted molar refractivity (Wildman–Crippen MR) is 104 cm³/mol. The van der Waals surface area contributed by atoms with E-state index in [0.717, 1.165) is 15.9 Å². The van der Waals surface area contributed by atoms with Crippen LogP contribution in [0.4, 0.5) is 5.69 Å². The van der Waals surface area contributed by atoms with Gasteiger partial charge in [-0.15, -0.1) is 0 Å². The number of esters is 1. The zero-order valence-corrected chi connectivity index (χ0v) is 16.6. The average Bonchev–Trinajstić information content (AvgIpc) is 3.03. The van der Waals surface area contributed by atoms with E-state index in [4.69, 9.17) is 20.9 Å². The average molecular weight is 403 g/mol. The van der Waals surface area contributed by atoms with E-state index < -0.39 is 11.5 Å². The number of aryl methyl sites for hydroxylation is 2. The van der Waals surface area contributed by atoms with Gasteiger partial charge in [-0.3, -0.25) is 4.79 Å². The molecule has 2 aromatic heterocycles. The van der Waals surface area contributed by atoms with Gasteiger partial charge in [0.25, 0.3) is 5.56 Å². The molecule has 0 aliphatic rings. The zero-order chi connectivity index (χ0) is 20.4. The second kappa shape index (κ2) is 7.85. The topological polar surface area (TPSA) is 99.2 Å². The van der Waals surface area contributed by atoms with E-state index in [1.807, 2.05) is 20.8 Å². The van der Waals surface area contributed by atoms with E-state index in [-0.39, 0.29) is 22.3 Å². The Labute approximate surface area is 166 Å². The van der Waals surface area contributed by atoms with Gasteiger partial charge in [0.1, 0.15) is 10.8 Å². The number of aromatic nitrogens is 3. The fraction of sp³-hybridized carbons (Fsp3) is 0.263. The molecule has 28 heavy (non-hydrogen) atoms. The van der Waals surface area contributed by atoms with Gasteiger partial charge in [0.2, 0.25) is 0 Å². The third kappa shape index (κ3) is 3.50. The van der Waals surface area contributed by atoms with E-state index in [1.165, 1.54) is 13.3 Å². The number of nitrogens with zero attached hydrogens (tertiary/aromatic N) is 3. The van der Waals surface area contributed by atoms with Crippen molar-refractivity contribution in [2.75, 3.05) is 12.4 Å². The Morgan fingerprint density at radius 3 is 2.68 bits per heavy atom. The number of hydrogen-bond acceptors (Lipinski definition) is 7. The summed E-state index contributed by atoms with van der Waals surface area (Å²) in [6.45, 7) is 5.56. The number of carbonyl (C=O) groups excluding carboxylic acids is 1. The van der Waals surface area contributed by atoms with Crippen LogP contribution in [-0.4, -0.2) is 28.0 Å². The van der Waals surface area contributed by atoms with Crippen LogP contribution >= 0.6 is 11.6 Å². The Morgan fingerprint density at radius 2 is 2.04 bits per heavy atom. The molecule has 9 heteroatoms. The van der Waals surface area contributed by atoms with E-state index >= 15 is 0 Å². The molecule has 0 saturated heterocycles. The maximum absolute atomic E-state index is 12.8. The number of ether oxygens (including phenoxy) is 1. The number of rotatable bonds is 5. The number of halogens is 1. The van der Waals surface area contributed by atoms with Crippen molar-refractivity contribution in [3.63, 3.8) is 0 Å². The third-order valence-corrected chi connectivity index (χ3v) is 4.72. The zero-order valence-electron chi connectivity index (χ0n) is 15.8. The number of carbonyl (C=O) groups is 1. The minimum atomic E-state index is -0.574. The van der Waals surface area contributed by atoms with Gasteiger partial charge in [0.15, 0.2) is 0 Å². The van der Waals surface area contributed by atoms with Crippen LogP contribution in [0.3, 0.4) is 0 Å². The fourth-order valence-electron chi connectivity index (χ4n) is 3.06. The summed E-state index contributed by atoms with van der Waals surface area (Å²) < 4.78 is 11.0. The lowest BCUT2D eigenvalue weighted by atomic mass is 10.1. The Morgan fingerprint density at radius 1 is 1.32 bits per heavy atom. The number of benzene rings is 1. The van der Waals surface area contributed by atoms with Crippen LogP contribution in [0.15, 0.2) is 39.8 Å². The lowest BCUT2D eigenvalue weighted by molar-refractivity contribution is 0.0600. The molecule has 0 aliphatic heterocycles. The standard InChI is InChI=1S/C19H19ClN4O4/c1-10(16-11(2)23-28-12(16)3)22-14-9-21-24(18(25)17(14)20)15-8-6-5-7-13(15)19(26)27-4/h5-10,22H,1-4H3. The summed E-state index contributed by atoms with van der Waals surface area (Å²) in [5, 5.41) is 11.2. The molecule has 0 spiro atoms. The minimum absolute atomic E-state index is 0.0479. The van der Waals surface area contributed by atoms with Crippen LogP contribution < -0.4 is 10.9 Å².